The molecule has 0 saturated heterocycles. The molecule has 0 aliphatic heterocycles. The number of benzene rings is 2. The van der Waals surface area contributed by atoms with Gasteiger partial charge in [0.25, 0.3) is 0 Å². The SMILES string of the molecule is Cc1ccc(Nc2ccccc2OC(F)F)c(N)c1. The summed E-state index contributed by atoms with van der Waals surface area (Å²) in [6.07, 6.45) is 0. The van der Waals surface area contributed by atoms with Gasteiger partial charge in [0.2, 0.25) is 0 Å². The van der Waals surface area contributed by atoms with Crippen LogP contribution < -0.4 is 15.8 Å². The Balaban J connectivity index is 2.27. The number of rotatable bonds is 4. The Morgan fingerprint density at radius 1 is 1.11 bits per heavy atom. The van der Waals surface area contributed by atoms with Crippen LogP contribution in [0.1, 0.15) is 5.56 Å². The van der Waals surface area contributed by atoms with E-state index in [4.69, 9.17) is 5.73 Å². The van der Waals surface area contributed by atoms with E-state index < -0.39 is 6.61 Å². The standard InChI is InChI=1S/C14H14F2N2O/c1-9-6-7-11(10(17)8-9)18-12-4-2-3-5-13(12)19-14(15)16/h2-8,14,18H,17H2,1H3. The normalized spacial score (nSPS) is 10.5. The van der Waals surface area contributed by atoms with Crippen molar-refractivity contribution in [2.75, 3.05) is 11.1 Å². The fourth-order valence-corrected chi connectivity index (χ4v) is 1.71. The van der Waals surface area contributed by atoms with Gasteiger partial charge in [0.15, 0.2) is 0 Å². The predicted molar refractivity (Wildman–Crippen MR) is 71.9 cm³/mol. The molecule has 0 saturated carbocycles. The molecule has 3 N–H and O–H groups in total. The number of alkyl halides is 2. The maximum absolute atomic E-state index is 12.3. The van der Waals surface area contributed by atoms with Crippen molar-refractivity contribution < 1.29 is 13.5 Å². The van der Waals surface area contributed by atoms with Gasteiger partial charge in [-0.15, -0.1) is 0 Å². The molecule has 2 aromatic rings. The maximum Gasteiger partial charge on any atom is 0.387 e. The molecule has 0 radical (unpaired) electrons. The molecule has 0 unspecified atom stereocenters. The molecule has 0 aliphatic rings. The van der Waals surface area contributed by atoms with Crippen molar-refractivity contribution in [3.63, 3.8) is 0 Å². The van der Waals surface area contributed by atoms with Crippen molar-refractivity contribution in [2.24, 2.45) is 0 Å². The monoisotopic (exact) mass is 264 g/mol. The van der Waals surface area contributed by atoms with Crippen LogP contribution in [-0.2, 0) is 0 Å². The van der Waals surface area contributed by atoms with Crippen LogP contribution in [0.25, 0.3) is 0 Å². The molecule has 100 valence electrons. The number of para-hydroxylation sites is 2. The first-order valence-corrected chi connectivity index (χ1v) is 5.73. The number of nitrogens with one attached hydrogen (secondary N) is 1. The number of hydrogen-bond acceptors (Lipinski definition) is 3. The third-order valence-corrected chi connectivity index (χ3v) is 2.58. The lowest BCUT2D eigenvalue weighted by Gasteiger charge is -2.14. The van der Waals surface area contributed by atoms with E-state index in [1.807, 2.05) is 13.0 Å². The topological polar surface area (TPSA) is 47.3 Å². The number of nitrogen functional groups attached to an aromatic ring is 1. The number of ether oxygens (including phenoxy) is 1. The third kappa shape index (κ3) is 3.34. The summed E-state index contributed by atoms with van der Waals surface area (Å²) in [7, 11) is 0. The average Bonchev–Trinajstić information content (AvgIpc) is 2.34. The molecule has 0 atom stereocenters. The second kappa shape index (κ2) is 5.56. The van der Waals surface area contributed by atoms with Crippen molar-refractivity contribution in [3.05, 3.63) is 48.0 Å². The van der Waals surface area contributed by atoms with E-state index in [1.165, 1.54) is 6.07 Å². The van der Waals surface area contributed by atoms with Gasteiger partial charge >= 0.3 is 6.61 Å². The van der Waals surface area contributed by atoms with Crippen molar-refractivity contribution in [2.45, 2.75) is 13.5 Å². The quantitative estimate of drug-likeness (QED) is 0.823. The Hall–Kier alpha value is -2.30. The second-order valence-electron chi connectivity index (χ2n) is 4.09. The molecule has 2 aromatic carbocycles. The first-order chi connectivity index (χ1) is 9.06. The number of hydrogen-bond donors (Lipinski definition) is 2. The zero-order valence-electron chi connectivity index (χ0n) is 10.4. The van der Waals surface area contributed by atoms with Gasteiger partial charge in [-0.3, -0.25) is 0 Å². The molecule has 3 nitrogen and oxygen atoms in total. The largest absolute Gasteiger partial charge is 0.433 e. The highest BCUT2D eigenvalue weighted by Gasteiger charge is 2.10. The molecule has 0 bridgehead atoms. The van der Waals surface area contributed by atoms with Crippen LogP contribution in [0.4, 0.5) is 25.8 Å². The molecule has 0 amide bonds. The number of aryl methyl sites for hydroxylation is 1. The fourth-order valence-electron chi connectivity index (χ4n) is 1.71. The summed E-state index contributed by atoms with van der Waals surface area (Å²) in [5.41, 5.74) is 8.54. The van der Waals surface area contributed by atoms with Crippen LogP contribution in [-0.4, -0.2) is 6.61 Å². The van der Waals surface area contributed by atoms with Gasteiger partial charge in [-0.25, -0.2) is 0 Å². The van der Waals surface area contributed by atoms with E-state index in [1.54, 1.807) is 30.3 Å². The Bertz CT molecular complexity index is 573. The Kier molecular flexibility index (Phi) is 3.85. The second-order valence-corrected chi connectivity index (χ2v) is 4.09. The van der Waals surface area contributed by atoms with Crippen molar-refractivity contribution in [3.8, 4) is 5.75 Å². The smallest absolute Gasteiger partial charge is 0.387 e. The van der Waals surface area contributed by atoms with Gasteiger partial charge < -0.3 is 15.8 Å². The van der Waals surface area contributed by atoms with Gasteiger partial charge in [-0.05, 0) is 36.8 Å². The lowest BCUT2D eigenvalue weighted by atomic mass is 10.2. The Morgan fingerprint density at radius 3 is 2.53 bits per heavy atom. The zero-order chi connectivity index (χ0) is 13.8. The predicted octanol–water partition coefficient (Wildman–Crippen LogP) is 3.92. The van der Waals surface area contributed by atoms with Gasteiger partial charge in [0, 0.05) is 0 Å². The van der Waals surface area contributed by atoms with Crippen LogP contribution >= 0.6 is 0 Å². The molecule has 19 heavy (non-hydrogen) atoms. The number of nitrogens with two attached hydrogens (primary N) is 1. The van der Waals surface area contributed by atoms with Gasteiger partial charge in [0.1, 0.15) is 5.75 Å². The maximum atomic E-state index is 12.3. The first kappa shape index (κ1) is 13.1. The van der Waals surface area contributed by atoms with Gasteiger partial charge in [-0.2, -0.15) is 8.78 Å². The van der Waals surface area contributed by atoms with Gasteiger partial charge in [-0.1, -0.05) is 18.2 Å². The summed E-state index contributed by atoms with van der Waals surface area (Å²) < 4.78 is 29.0. The molecule has 0 heterocycles. The molecule has 2 rings (SSSR count). The summed E-state index contributed by atoms with van der Waals surface area (Å²) in [6, 6.07) is 12.0. The van der Waals surface area contributed by atoms with Crippen LogP contribution in [0.2, 0.25) is 0 Å². The first-order valence-electron chi connectivity index (χ1n) is 5.73. The van der Waals surface area contributed by atoms with E-state index in [0.29, 0.717) is 17.1 Å². The summed E-state index contributed by atoms with van der Waals surface area (Å²) in [4.78, 5) is 0. The summed E-state index contributed by atoms with van der Waals surface area (Å²) in [6.45, 7) is -0.938. The molecule has 0 spiro atoms. The zero-order valence-corrected chi connectivity index (χ0v) is 10.4. The van der Waals surface area contributed by atoms with Crippen LogP contribution in [0, 0.1) is 6.92 Å². The minimum absolute atomic E-state index is 0.0810. The summed E-state index contributed by atoms with van der Waals surface area (Å²) in [5.74, 6) is 0.0810. The molecule has 5 heteroatoms. The highest BCUT2D eigenvalue weighted by molar-refractivity contribution is 5.75. The number of halogens is 2. The molecule has 0 aliphatic carbocycles. The highest BCUT2D eigenvalue weighted by Crippen LogP contribution is 2.31. The average molecular weight is 264 g/mol. The molecular weight excluding hydrogens is 250 g/mol. The van der Waals surface area contributed by atoms with E-state index >= 15 is 0 Å². The van der Waals surface area contributed by atoms with Crippen molar-refractivity contribution >= 4 is 17.1 Å². The van der Waals surface area contributed by atoms with Crippen LogP contribution in [0.15, 0.2) is 42.5 Å². The third-order valence-electron chi connectivity index (χ3n) is 2.58. The molecule has 0 aromatic heterocycles. The van der Waals surface area contributed by atoms with E-state index in [0.717, 1.165) is 5.56 Å². The Morgan fingerprint density at radius 2 is 1.84 bits per heavy atom. The minimum atomic E-state index is -2.86. The Labute approximate surface area is 110 Å². The fraction of sp³-hybridized carbons (Fsp3) is 0.143. The number of anilines is 3. The van der Waals surface area contributed by atoms with Crippen LogP contribution in [0.5, 0.6) is 5.75 Å². The van der Waals surface area contributed by atoms with Gasteiger partial charge in [0.05, 0.1) is 17.1 Å². The lowest BCUT2D eigenvalue weighted by molar-refractivity contribution is -0.0493. The van der Waals surface area contributed by atoms with Crippen molar-refractivity contribution in [1.29, 1.82) is 0 Å². The molecular formula is C14H14F2N2O. The highest BCUT2D eigenvalue weighted by atomic mass is 19.3. The molecule has 0 fully saturated rings. The van der Waals surface area contributed by atoms with E-state index in [2.05, 4.69) is 10.1 Å². The van der Waals surface area contributed by atoms with Crippen molar-refractivity contribution in [1.82, 2.24) is 0 Å². The lowest BCUT2D eigenvalue weighted by Crippen LogP contribution is -2.05. The summed E-state index contributed by atoms with van der Waals surface area (Å²) in [5, 5.41) is 2.99. The van der Waals surface area contributed by atoms with E-state index in [9.17, 15) is 8.78 Å². The van der Waals surface area contributed by atoms with E-state index in [-0.39, 0.29) is 5.75 Å². The van der Waals surface area contributed by atoms with Crippen LogP contribution in [0.3, 0.4) is 0 Å². The summed E-state index contributed by atoms with van der Waals surface area (Å²) >= 11 is 0. The minimum Gasteiger partial charge on any atom is -0.433 e.